The topological polar surface area (TPSA) is 41.5 Å². The first-order valence-electron chi connectivity index (χ1n) is 4.27. The molecule has 0 aliphatic heterocycles. The van der Waals surface area contributed by atoms with Gasteiger partial charge in [0.15, 0.2) is 0 Å². The fourth-order valence-corrected chi connectivity index (χ4v) is 0.682. The minimum Gasteiger partial charge on any atom is -0.389 e. The smallest absolute Gasteiger partial charge is 0.0767 e. The van der Waals surface area contributed by atoms with Gasteiger partial charge in [0.05, 0.1) is 12.2 Å². The van der Waals surface area contributed by atoms with Crippen LogP contribution in [0, 0.1) is 0 Å². The Bertz CT molecular complexity index is 127. The van der Waals surface area contributed by atoms with Crippen molar-refractivity contribution in [3.05, 3.63) is 0 Å². The summed E-state index contributed by atoms with van der Waals surface area (Å²) < 4.78 is 4.91. The van der Waals surface area contributed by atoms with Crippen LogP contribution >= 0.6 is 0 Å². The maximum Gasteiger partial charge on any atom is 0.0767 e. The first-order valence-corrected chi connectivity index (χ1v) is 4.27. The molecule has 0 aliphatic rings. The summed E-state index contributed by atoms with van der Waals surface area (Å²) in [6, 6.07) is 0. The van der Waals surface area contributed by atoms with Crippen molar-refractivity contribution in [1.29, 1.82) is 0 Å². The Morgan fingerprint density at radius 2 is 1.75 bits per heavy atom. The number of ether oxygens (including phenoxy) is 1. The van der Waals surface area contributed by atoms with Gasteiger partial charge in [-0.1, -0.05) is 0 Å². The van der Waals surface area contributed by atoms with E-state index in [0.29, 0.717) is 6.61 Å². The summed E-state index contributed by atoms with van der Waals surface area (Å²) in [6.45, 7) is 8.97. The van der Waals surface area contributed by atoms with Crippen LogP contribution in [0.15, 0.2) is 0 Å². The highest BCUT2D eigenvalue weighted by Gasteiger charge is 2.33. The van der Waals surface area contributed by atoms with Crippen LogP contribution in [0.25, 0.3) is 0 Å². The van der Waals surface area contributed by atoms with Gasteiger partial charge in [-0.2, -0.15) is 0 Å². The second-order valence-electron chi connectivity index (χ2n) is 4.10. The van der Waals surface area contributed by atoms with E-state index in [9.17, 15) is 5.11 Å². The highest BCUT2D eigenvalue weighted by atomic mass is 16.5. The van der Waals surface area contributed by atoms with Gasteiger partial charge in [-0.05, 0) is 27.7 Å². The average molecular weight is 175 g/mol. The standard InChI is InChI=1S/C9H21NO2/c1-8(2,9(3,4)11)10-6-7-12-5/h10-11H,6-7H2,1-5H3. The van der Waals surface area contributed by atoms with Crippen LogP contribution in [0.4, 0.5) is 0 Å². The van der Waals surface area contributed by atoms with Gasteiger partial charge in [0.2, 0.25) is 0 Å². The Labute approximate surface area is 75.1 Å². The van der Waals surface area contributed by atoms with E-state index in [1.165, 1.54) is 0 Å². The number of rotatable bonds is 5. The highest BCUT2D eigenvalue weighted by Crippen LogP contribution is 2.19. The van der Waals surface area contributed by atoms with Gasteiger partial charge in [-0.3, -0.25) is 0 Å². The van der Waals surface area contributed by atoms with Crippen molar-refractivity contribution in [3.8, 4) is 0 Å². The normalized spacial score (nSPS) is 13.5. The maximum absolute atomic E-state index is 9.74. The SMILES string of the molecule is COCCNC(C)(C)C(C)(C)O. The van der Waals surface area contributed by atoms with Crippen molar-refractivity contribution >= 4 is 0 Å². The van der Waals surface area contributed by atoms with Gasteiger partial charge >= 0.3 is 0 Å². The van der Waals surface area contributed by atoms with Crippen LogP contribution in [-0.2, 0) is 4.74 Å². The first-order chi connectivity index (χ1) is 5.31. The quantitative estimate of drug-likeness (QED) is 0.606. The Hall–Kier alpha value is -0.120. The minimum atomic E-state index is -0.721. The van der Waals surface area contributed by atoms with Crippen molar-refractivity contribution in [2.75, 3.05) is 20.3 Å². The van der Waals surface area contributed by atoms with Crippen molar-refractivity contribution in [3.63, 3.8) is 0 Å². The molecule has 0 aromatic heterocycles. The molecule has 0 rings (SSSR count). The van der Waals surface area contributed by atoms with Crippen molar-refractivity contribution in [1.82, 2.24) is 5.32 Å². The Morgan fingerprint density at radius 3 is 2.08 bits per heavy atom. The third-order valence-corrected chi connectivity index (χ3v) is 2.40. The van der Waals surface area contributed by atoms with Crippen LogP contribution in [0.2, 0.25) is 0 Å². The Morgan fingerprint density at radius 1 is 1.25 bits per heavy atom. The van der Waals surface area contributed by atoms with Crippen LogP contribution in [0.1, 0.15) is 27.7 Å². The number of hydrogen-bond donors (Lipinski definition) is 2. The number of nitrogens with one attached hydrogen (secondary N) is 1. The van der Waals surface area contributed by atoms with E-state index in [1.54, 1.807) is 21.0 Å². The van der Waals surface area contributed by atoms with E-state index in [4.69, 9.17) is 4.74 Å². The van der Waals surface area contributed by atoms with Gasteiger partial charge in [0, 0.05) is 19.2 Å². The summed E-state index contributed by atoms with van der Waals surface area (Å²) >= 11 is 0. The molecular formula is C9H21NO2. The van der Waals surface area contributed by atoms with E-state index < -0.39 is 5.60 Å². The predicted molar refractivity (Wildman–Crippen MR) is 50.3 cm³/mol. The summed E-state index contributed by atoms with van der Waals surface area (Å²) in [6.07, 6.45) is 0. The lowest BCUT2D eigenvalue weighted by Gasteiger charge is -2.38. The molecule has 3 heteroatoms. The van der Waals surface area contributed by atoms with E-state index in [1.807, 2.05) is 13.8 Å². The molecule has 0 aromatic carbocycles. The van der Waals surface area contributed by atoms with Crippen LogP contribution in [-0.4, -0.2) is 36.5 Å². The monoisotopic (exact) mass is 175 g/mol. The van der Waals surface area contributed by atoms with Gasteiger partial charge in [0.25, 0.3) is 0 Å². The van der Waals surface area contributed by atoms with E-state index in [2.05, 4.69) is 5.32 Å². The third-order valence-electron chi connectivity index (χ3n) is 2.40. The van der Waals surface area contributed by atoms with Gasteiger partial charge in [0.1, 0.15) is 0 Å². The average Bonchev–Trinajstić information content (AvgIpc) is 1.85. The van der Waals surface area contributed by atoms with Gasteiger partial charge < -0.3 is 15.2 Å². The van der Waals surface area contributed by atoms with Crippen LogP contribution < -0.4 is 5.32 Å². The lowest BCUT2D eigenvalue weighted by Crippen LogP contribution is -2.56. The molecule has 0 radical (unpaired) electrons. The molecule has 0 fully saturated rings. The van der Waals surface area contributed by atoms with E-state index >= 15 is 0 Å². The predicted octanol–water partition coefficient (Wildman–Crippen LogP) is 0.772. The molecule has 0 saturated carbocycles. The molecule has 74 valence electrons. The summed E-state index contributed by atoms with van der Waals surface area (Å²) in [5.41, 5.74) is -1.01. The third kappa shape index (κ3) is 3.52. The molecule has 0 aliphatic carbocycles. The summed E-state index contributed by atoms with van der Waals surface area (Å²) in [5, 5.41) is 13.0. The second kappa shape index (κ2) is 4.21. The molecule has 0 unspecified atom stereocenters. The van der Waals surface area contributed by atoms with Crippen molar-refractivity contribution in [2.24, 2.45) is 0 Å². The summed E-state index contributed by atoms with van der Waals surface area (Å²) in [7, 11) is 1.67. The number of methoxy groups -OCH3 is 1. The van der Waals surface area contributed by atoms with Gasteiger partial charge in [-0.15, -0.1) is 0 Å². The molecule has 0 saturated heterocycles. The zero-order chi connectivity index (χ0) is 9.83. The minimum absolute atomic E-state index is 0.286. The molecular weight excluding hydrogens is 154 g/mol. The molecule has 0 heterocycles. The second-order valence-corrected chi connectivity index (χ2v) is 4.10. The fourth-order valence-electron chi connectivity index (χ4n) is 0.682. The fraction of sp³-hybridized carbons (Fsp3) is 1.00. The molecule has 3 nitrogen and oxygen atoms in total. The molecule has 2 N–H and O–H groups in total. The zero-order valence-corrected chi connectivity index (χ0v) is 8.77. The molecule has 0 atom stereocenters. The van der Waals surface area contributed by atoms with Crippen molar-refractivity contribution < 1.29 is 9.84 Å². The molecule has 0 bridgehead atoms. The number of aliphatic hydroxyl groups is 1. The van der Waals surface area contributed by atoms with Crippen molar-refractivity contribution in [2.45, 2.75) is 38.8 Å². The lowest BCUT2D eigenvalue weighted by atomic mass is 9.86. The first kappa shape index (κ1) is 11.9. The lowest BCUT2D eigenvalue weighted by molar-refractivity contribution is -0.00678. The molecule has 0 spiro atoms. The van der Waals surface area contributed by atoms with Gasteiger partial charge in [-0.25, -0.2) is 0 Å². The molecule has 0 amide bonds. The van der Waals surface area contributed by atoms with E-state index in [0.717, 1.165) is 6.54 Å². The van der Waals surface area contributed by atoms with E-state index in [-0.39, 0.29) is 5.54 Å². The molecule has 12 heavy (non-hydrogen) atoms. The summed E-state index contributed by atoms with van der Waals surface area (Å²) in [5.74, 6) is 0. The Balaban J connectivity index is 3.88. The Kier molecular flexibility index (Phi) is 4.17. The number of hydrogen-bond acceptors (Lipinski definition) is 3. The highest BCUT2D eigenvalue weighted by molar-refractivity contribution is 4.93. The van der Waals surface area contributed by atoms with Crippen LogP contribution in [0.3, 0.4) is 0 Å². The molecule has 0 aromatic rings. The largest absolute Gasteiger partial charge is 0.389 e. The summed E-state index contributed by atoms with van der Waals surface area (Å²) in [4.78, 5) is 0. The van der Waals surface area contributed by atoms with Crippen LogP contribution in [0.5, 0.6) is 0 Å². The zero-order valence-electron chi connectivity index (χ0n) is 8.77. The maximum atomic E-state index is 9.74.